The molecule has 1 aromatic rings. The van der Waals surface area contributed by atoms with E-state index in [-0.39, 0.29) is 29.9 Å². The lowest BCUT2D eigenvalue weighted by Gasteiger charge is -2.25. The fraction of sp³-hybridized carbons (Fsp3) is 0.647. The van der Waals surface area contributed by atoms with Crippen LogP contribution in [0.5, 0.6) is 0 Å². The monoisotopic (exact) mass is 365 g/mol. The molecule has 2 rings (SSSR count). The summed E-state index contributed by atoms with van der Waals surface area (Å²) in [5.41, 5.74) is 4.59. The molecule has 9 heteroatoms. The van der Waals surface area contributed by atoms with E-state index >= 15 is 0 Å². The van der Waals surface area contributed by atoms with E-state index in [2.05, 4.69) is 0 Å². The van der Waals surface area contributed by atoms with Crippen LogP contribution in [0.3, 0.4) is 0 Å². The van der Waals surface area contributed by atoms with Gasteiger partial charge in [-0.15, -0.1) is 0 Å². The molecule has 1 atom stereocenters. The predicted octanol–water partition coefficient (Wildman–Crippen LogP) is -0.725. The SMILES string of the molecule is CCCn1c(N)c(C(=O)CN2CCCC2C(=O)N(C)C)c(=O)n(C)c1=O. The van der Waals surface area contributed by atoms with Crippen molar-refractivity contribution >= 4 is 17.5 Å². The Morgan fingerprint density at radius 1 is 1.27 bits per heavy atom. The van der Waals surface area contributed by atoms with E-state index in [0.29, 0.717) is 25.9 Å². The molecule has 1 unspecified atom stereocenters. The molecule has 9 nitrogen and oxygen atoms in total. The number of Topliss-reactive ketones (excluding diaryl/α,β-unsaturated/α-hetero) is 1. The van der Waals surface area contributed by atoms with Crippen LogP contribution >= 0.6 is 0 Å². The maximum Gasteiger partial charge on any atom is 0.332 e. The number of anilines is 1. The lowest BCUT2D eigenvalue weighted by molar-refractivity contribution is -0.133. The summed E-state index contributed by atoms with van der Waals surface area (Å²) in [6.07, 6.45) is 2.12. The number of ketones is 1. The minimum absolute atomic E-state index is 0.0628. The van der Waals surface area contributed by atoms with Gasteiger partial charge in [-0.25, -0.2) is 4.79 Å². The van der Waals surface area contributed by atoms with E-state index in [1.807, 2.05) is 6.92 Å². The quantitative estimate of drug-likeness (QED) is 0.666. The highest BCUT2D eigenvalue weighted by molar-refractivity contribution is 6.01. The lowest BCUT2D eigenvalue weighted by atomic mass is 10.1. The summed E-state index contributed by atoms with van der Waals surface area (Å²) < 4.78 is 2.16. The van der Waals surface area contributed by atoms with Crippen LogP contribution in [0.1, 0.15) is 36.5 Å². The second-order valence-corrected chi connectivity index (χ2v) is 6.84. The second kappa shape index (κ2) is 7.86. The van der Waals surface area contributed by atoms with E-state index in [1.54, 1.807) is 19.0 Å². The molecule has 2 heterocycles. The van der Waals surface area contributed by atoms with Crippen LogP contribution in [0, 0.1) is 0 Å². The predicted molar refractivity (Wildman–Crippen MR) is 98.3 cm³/mol. The first-order valence-corrected chi connectivity index (χ1v) is 8.78. The highest BCUT2D eigenvalue weighted by Gasteiger charge is 2.34. The van der Waals surface area contributed by atoms with Crippen molar-refractivity contribution in [2.75, 3.05) is 32.9 Å². The van der Waals surface area contributed by atoms with Crippen molar-refractivity contribution in [3.8, 4) is 0 Å². The Kier molecular flexibility index (Phi) is 6.01. The third kappa shape index (κ3) is 3.57. The molecular formula is C17H27N5O4. The molecule has 0 aromatic carbocycles. The fourth-order valence-electron chi connectivity index (χ4n) is 3.34. The zero-order valence-electron chi connectivity index (χ0n) is 15.8. The van der Waals surface area contributed by atoms with Crippen LogP contribution in [0.4, 0.5) is 5.82 Å². The molecule has 1 aliphatic rings. The summed E-state index contributed by atoms with van der Waals surface area (Å²) >= 11 is 0. The first-order chi connectivity index (χ1) is 12.2. The third-order valence-electron chi connectivity index (χ3n) is 4.75. The fourth-order valence-corrected chi connectivity index (χ4v) is 3.34. The molecule has 0 radical (unpaired) electrons. The van der Waals surface area contributed by atoms with Crippen LogP contribution in [0.15, 0.2) is 9.59 Å². The molecule has 1 aromatic heterocycles. The molecule has 1 fully saturated rings. The number of hydrogen-bond acceptors (Lipinski definition) is 6. The van der Waals surface area contributed by atoms with Gasteiger partial charge >= 0.3 is 5.69 Å². The molecule has 2 N–H and O–H groups in total. The summed E-state index contributed by atoms with van der Waals surface area (Å²) in [6.45, 7) is 2.73. The Morgan fingerprint density at radius 2 is 1.92 bits per heavy atom. The molecule has 1 saturated heterocycles. The average molecular weight is 365 g/mol. The van der Waals surface area contributed by atoms with Gasteiger partial charge in [0.05, 0.1) is 12.6 Å². The van der Waals surface area contributed by atoms with Gasteiger partial charge in [-0.05, 0) is 25.8 Å². The number of hydrogen-bond donors (Lipinski definition) is 1. The van der Waals surface area contributed by atoms with Gasteiger partial charge < -0.3 is 10.6 Å². The van der Waals surface area contributed by atoms with Crippen molar-refractivity contribution in [3.05, 3.63) is 26.4 Å². The van der Waals surface area contributed by atoms with E-state index < -0.39 is 17.0 Å². The molecular weight excluding hydrogens is 338 g/mol. The number of rotatable bonds is 6. The number of carbonyl (C=O) groups excluding carboxylic acids is 2. The number of nitrogen functional groups attached to an aromatic ring is 1. The van der Waals surface area contributed by atoms with Crippen LogP contribution in [0.2, 0.25) is 0 Å². The third-order valence-corrected chi connectivity index (χ3v) is 4.75. The molecule has 0 saturated carbocycles. The number of likely N-dealkylation sites (N-methyl/N-ethyl adjacent to an activating group) is 1. The Balaban J connectivity index is 2.37. The number of likely N-dealkylation sites (tertiary alicyclic amines) is 1. The molecule has 144 valence electrons. The Labute approximate surface area is 152 Å². The van der Waals surface area contributed by atoms with Crippen LogP contribution < -0.4 is 17.0 Å². The van der Waals surface area contributed by atoms with Crippen molar-refractivity contribution in [1.29, 1.82) is 0 Å². The molecule has 1 aliphatic heterocycles. The lowest BCUT2D eigenvalue weighted by Crippen LogP contribution is -2.47. The van der Waals surface area contributed by atoms with Gasteiger partial charge in [-0.3, -0.25) is 28.4 Å². The standard InChI is InChI=1S/C17H27N5O4/c1-5-8-22-14(18)13(16(25)20(4)17(22)26)12(23)10-21-9-6-7-11(21)15(24)19(2)3/h11H,5-10,18H2,1-4H3. The number of nitrogens with two attached hydrogens (primary N) is 1. The topological polar surface area (TPSA) is 111 Å². The number of nitrogens with zero attached hydrogens (tertiary/aromatic N) is 4. The van der Waals surface area contributed by atoms with Gasteiger partial charge in [0.25, 0.3) is 5.56 Å². The molecule has 1 amide bonds. The first kappa shape index (κ1) is 19.9. The van der Waals surface area contributed by atoms with Crippen LogP contribution in [0.25, 0.3) is 0 Å². The molecule has 0 aliphatic carbocycles. The molecule has 0 bridgehead atoms. The summed E-state index contributed by atoms with van der Waals surface area (Å²) in [4.78, 5) is 53.1. The first-order valence-electron chi connectivity index (χ1n) is 8.78. The minimum Gasteiger partial charge on any atom is -0.384 e. The summed E-state index contributed by atoms with van der Waals surface area (Å²) in [5, 5.41) is 0. The maximum atomic E-state index is 12.8. The Morgan fingerprint density at radius 3 is 2.50 bits per heavy atom. The van der Waals surface area contributed by atoms with Crippen molar-refractivity contribution in [1.82, 2.24) is 18.9 Å². The van der Waals surface area contributed by atoms with E-state index in [0.717, 1.165) is 11.0 Å². The highest BCUT2D eigenvalue weighted by Crippen LogP contribution is 2.19. The molecule has 26 heavy (non-hydrogen) atoms. The summed E-state index contributed by atoms with van der Waals surface area (Å²) in [7, 11) is 4.69. The highest BCUT2D eigenvalue weighted by atomic mass is 16.2. The van der Waals surface area contributed by atoms with E-state index in [4.69, 9.17) is 5.73 Å². The van der Waals surface area contributed by atoms with Crippen molar-refractivity contribution in [2.24, 2.45) is 7.05 Å². The van der Waals surface area contributed by atoms with Crippen molar-refractivity contribution < 1.29 is 9.59 Å². The van der Waals surface area contributed by atoms with Crippen molar-refractivity contribution in [2.45, 2.75) is 38.8 Å². The number of carbonyl (C=O) groups is 2. The second-order valence-electron chi connectivity index (χ2n) is 6.84. The van der Waals surface area contributed by atoms with Gasteiger partial charge in [0.2, 0.25) is 5.91 Å². The van der Waals surface area contributed by atoms with Crippen molar-refractivity contribution in [3.63, 3.8) is 0 Å². The van der Waals surface area contributed by atoms with Gasteiger partial charge in [0, 0.05) is 27.7 Å². The van der Waals surface area contributed by atoms with E-state index in [9.17, 15) is 19.2 Å². The van der Waals surface area contributed by atoms with Gasteiger partial charge in [0.1, 0.15) is 11.4 Å². The number of amides is 1. The zero-order chi connectivity index (χ0) is 19.6. The maximum absolute atomic E-state index is 12.8. The largest absolute Gasteiger partial charge is 0.384 e. The summed E-state index contributed by atoms with van der Waals surface area (Å²) in [6, 6.07) is -0.374. The average Bonchev–Trinajstić information content (AvgIpc) is 3.04. The van der Waals surface area contributed by atoms with Gasteiger partial charge in [-0.2, -0.15) is 0 Å². The Bertz CT molecular complexity index is 824. The van der Waals surface area contributed by atoms with E-state index in [1.165, 1.54) is 16.5 Å². The minimum atomic E-state index is -0.695. The van der Waals surface area contributed by atoms with Gasteiger partial charge in [0.15, 0.2) is 5.78 Å². The zero-order valence-corrected chi connectivity index (χ0v) is 15.8. The Hall–Kier alpha value is -2.42. The molecule has 0 spiro atoms. The number of aromatic nitrogens is 2. The van der Waals surface area contributed by atoms with Crippen LogP contribution in [-0.4, -0.2) is 63.9 Å². The van der Waals surface area contributed by atoms with Gasteiger partial charge in [-0.1, -0.05) is 6.92 Å². The smallest absolute Gasteiger partial charge is 0.332 e. The van der Waals surface area contributed by atoms with Crippen LogP contribution in [-0.2, 0) is 18.4 Å². The normalized spacial score (nSPS) is 17.5. The summed E-state index contributed by atoms with van der Waals surface area (Å²) in [5.74, 6) is -0.627.